The molecule has 0 heterocycles. The van der Waals surface area contributed by atoms with Crippen molar-refractivity contribution >= 4 is 10.8 Å². The predicted octanol–water partition coefficient (Wildman–Crippen LogP) is 4.90. The first-order chi connectivity index (χ1) is 10.1. The summed E-state index contributed by atoms with van der Waals surface area (Å²) in [6.45, 7) is 6.11. The third-order valence-electron chi connectivity index (χ3n) is 3.19. The van der Waals surface area contributed by atoms with Crippen molar-refractivity contribution < 1.29 is 21.3 Å². The van der Waals surface area contributed by atoms with Crippen molar-refractivity contribution in [3.63, 3.8) is 0 Å². The van der Waals surface area contributed by atoms with E-state index in [1.807, 2.05) is 68.4 Å². The zero-order valence-corrected chi connectivity index (χ0v) is 14.9. The molecule has 0 fully saturated rings. The van der Waals surface area contributed by atoms with Crippen molar-refractivity contribution in [1.29, 1.82) is 0 Å². The van der Waals surface area contributed by atoms with Gasteiger partial charge in [-0.25, -0.2) is 18.2 Å². The van der Waals surface area contributed by atoms with E-state index in [2.05, 4.69) is 19.1 Å². The Morgan fingerprint density at radius 2 is 1.50 bits per heavy atom. The van der Waals surface area contributed by atoms with Crippen molar-refractivity contribution in [1.82, 2.24) is 0 Å². The van der Waals surface area contributed by atoms with Gasteiger partial charge in [-0.05, 0) is 31.9 Å². The smallest absolute Gasteiger partial charge is 0.251 e. The molecule has 116 valence electrons. The summed E-state index contributed by atoms with van der Waals surface area (Å²) in [5.74, 6) is 0. The molecule has 1 nitrogen and oxygen atoms in total. The van der Waals surface area contributed by atoms with Gasteiger partial charge in [-0.1, -0.05) is 22.6 Å². The van der Waals surface area contributed by atoms with Gasteiger partial charge in [0.15, 0.2) is 0 Å². The van der Waals surface area contributed by atoms with Gasteiger partial charge in [0.25, 0.3) is 0 Å². The Balaban J connectivity index is 0.000000344. The molecule has 22 heavy (non-hydrogen) atoms. The van der Waals surface area contributed by atoms with Crippen LogP contribution < -0.4 is 0 Å². The molecule has 3 heteroatoms. The van der Waals surface area contributed by atoms with Crippen molar-refractivity contribution in [2.24, 2.45) is 0 Å². The van der Waals surface area contributed by atoms with E-state index in [9.17, 15) is 4.21 Å². The SMILES string of the molecule is Cc1cc(C)c(S(=O)c2ccc[cH-]2)c(C)c1.[Fe+2].c1cc[cH-]c1. The Hall–Kier alpha value is -1.41. The van der Waals surface area contributed by atoms with Crippen LogP contribution in [-0.4, -0.2) is 4.21 Å². The molecule has 0 amide bonds. The van der Waals surface area contributed by atoms with E-state index in [4.69, 9.17) is 0 Å². The van der Waals surface area contributed by atoms with Gasteiger partial charge >= 0.3 is 17.1 Å². The Morgan fingerprint density at radius 1 is 0.909 bits per heavy atom. The maximum absolute atomic E-state index is 12.4. The summed E-state index contributed by atoms with van der Waals surface area (Å²) < 4.78 is 12.4. The van der Waals surface area contributed by atoms with Gasteiger partial charge in [0.2, 0.25) is 0 Å². The van der Waals surface area contributed by atoms with Gasteiger partial charge in [-0.3, -0.25) is 4.21 Å². The summed E-state index contributed by atoms with van der Waals surface area (Å²) in [5, 5.41) is 0. The molecule has 3 rings (SSSR count). The molecular formula is C19H20FeOS. The molecule has 0 radical (unpaired) electrons. The Morgan fingerprint density at radius 3 is 1.91 bits per heavy atom. The summed E-state index contributed by atoms with van der Waals surface area (Å²) in [6, 6.07) is 21.8. The van der Waals surface area contributed by atoms with Crippen LogP contribution in [-0.2, 0) is 27.9 Å². The molecule has 3 aromatic rings. The van der Waals surface area contributed by atoms with Crippen molar-refractivity contribution in [3.8, 4) is 0 Å². The largest absolute Gasteiger partial charge is 2.00 e. The van der Waals surface area contributed by atoms with Crippen LogP contribution in [0.4, 0.5) is 0 Å². The van der Waals surface area contributed by atoms with Crippen molar-refractivity contribution in [2.45, 2.75) is 30.6 Å². The minimum Gasteiger partial charge on any atom is -0.251 e. The van der Waals surface area contributed by atoms with Gasteiger partial charge in [0, 0.05) is 4.90 Å². The molecule has 3 aromatic carbocycles. The molecule has 0 aliphatic rings. The molecule has 0 aliphatic carbocycles. The van der Waals surface area contributed by atoms with Crippen molar-refractivity contribution in [3.05, 3.63) is 83.4 Å². The third-order valence-corrected chi connectivity index (χ3v) is 4.91. The van der Waals surface area contributed by atoms with Crippen LogP contribution >= 0.6 is 0 Å². The van der Waals surface area contributed by atoms with Gasteiger partial charge in [-0.15, -0.1) is 0 Å². The molecule has 0 aliphatic heterocycles. The first-order valence-corrected chi connectivity index (χ1v) is 8.12. The Kier molecular flexibility index (Phi) is 7.53. The van der Waals surface area contributed by atoms with E-state index in [1.54, 1.807) is 0 Å². The average molecular weight is 352 g/mol. The molecule has 1 atom stereocenters. The summed E-state index contributed by atoms with van der Waals surface area (Å²) >= 11 is 0. The first kappa shape index (κ1) is 18.6. The van der Waals surface area contributed by atoms with Crippen LogP contribution in [0.1, 0.15) is 16.7 Å². The van der Waals surface area contributed by atoms with E-state index in [0.717, 1.165) is 20.9 Å². The summed E-state index contributed by atoms with van der Waals surface area (Å²) in [7, 11) is -1.05. The van der Waals surface area contributed by atoms with E-state index in [1.165, 1.54) is 5.56 Å². The van der Waals surface area contributed by atoms with Crippen LogP contribution in [0.25, 0.3) is 0 Å². The molecular weight excluding hydrogens is 332 g/mol. The minimum atomic E-state index is -1.05. The minimum absolute atomic E-state index is 0. The third kappa shape index (κ3) is 4.81. The van der Waals surface area contributed by atoms with Crippen LogP contribution in [0.2, 0.25) is 0 Å². The Labute approximate surface area is 146 Å². The van der Waals surface area contributed by atoms with Gasteiger partial charge in [-0.2, -0.15) is 36.4 Å². The Bertz CT molecular complexity index is 657. The van der Waals surface area contributed by atoms with Crippen LogP contribution in [0, 0.1) is 20.8 Å². The maximum atomic E-state index is 12.4. The molecule has 0 N–H and O–H groups in total. The second kappa shape index (κ2) is 8.89. The molecule has 1 unspecified atom stereocenters. The fraction of sp³-hybridized carbons (Fsp3) is 0.158. The second-order valence-electron chi connectivity index (χ2n) is 5.08. The van der Waals surface area contributed by atoms with Gasteiger partial charge < -0.3 is 0 Å². The maximum Gasteiger partial charge on any atom is 2.00 e. The zero-order valence-electron chi connectivity index (χ0n) is 13.0. The van der Waals surface area contributed by atoms with Crippen LogP contribution in [0.5, 0.6) is 0 Å². The normalized spacial score (nSPS) is 11.0. The molecule has 0 bridgehead atoms. The summed E-state index contributed by atoms with van der Waals surface area (Å²) in [6.07, 6.45) is 0. The van der Waals surface area contributed by atoms with Crippen molar-refractivity contribution in [2.75, 3.05) is 0 Å². The summed E-state index contributed by atoms with van der Waals surface area (Å²) in [4.78, 5) is 1.84. The molecule has 0 saturated carbocycles. The van der Waals surface area contributed by atoms with Gasteiger partial charge in [0.05, 0.1) is 10.8 Å². The molecule has 0 spiro atoms. The topological polar surface area (TPSA) is 17.1 Å². The number of aryl methyl sites for hydroxylation is 3. The first-order valence-electron chi connectivity index (χ1n) is 6.97. The average Bonchev–Trinajstić information content (AvgIpc) is 3.14. The van der Waals surface area contributed by atoms with Gasteiger partial charge in [0.1, 0.15) is 0 Å². The quantitative estimate of drug-likeness (QED) is 0.474. The molecule has 0 saturated heterocycles. The monoisotopic (exact) mass is 352 g/mol. The van der Waals surface area contributed by atoms with E-state index >= 15 is 0 Å². The summed E-state index contributed by atoms with van der Waals surface area (Å²) in [5.41, 5.74) is 3.44. The standard InChI is InChI=1S/C14H15OS.C5H5.Fe/c1-10-8-11(2)14(12(3)9-10)16(15)13-6-4-5-7-13;1-2-4-5-3-1;/h4-9H,1-3H3;1-5H;/q2*-1;+2. The number of benzene rings is 1. The fourth-order valence-corrected chi connectivity index (χ4v) is 3.72. The van der Waals surface area contributed by atoms with E-state index in [0.29, 0.717) is 0 Å². The van der Waals surface area contributed by atoms with E-state index < -0.39 is 10.8 Å². The molecule has 0 aromatic heterocycles. The predicted molar refractivity (Wildman–Crippen MR) is 89.4 cm³/mol. The number of hydrogen-bond acceptors (Lipinski definition) is 1. The second-order valence-corrected chi connectivity index (χ2v) is 6.50. The van der Waals surface area contributed by atoms with E-state index in [-0.39, 0.29) is 17.1 Å². The number of rotatable bonds is 2. The van der Waals surface area contributed by atoms with Crippen LogP contribution in [0.15, 0.2) is 76.5 Å². The fourth-order valence-electron chi connectivity index (χ4n) is 2.38. The van der Waals surface area contributed by atoms with Crippen LogP contribution in [0.3, 0.4) is 0 Å². The number of hydrogen-bond donors (Lipinski definition) is 0. The zero-order chi connectivity index (χ0) is 15.2.